The molecule has 0 aromatic heterocycles. The van der Waals surface area contributed by atoms with Gasteiger partial charge in [0.15, 0.2) is 0 Å². The van der Waals surface area contributed by atoms with Crippen molar-refractivity contribution in [1.82, 2.24) is 0 Å². The maximum absolute atomic E-state index is 13.9. The van der Waals surface area contributed by atoms with Crippen molar-refractivity contribution in [3.8, 4) is 0 Å². The summed E-state index contributed by atoms with van der Waals surface area (Å²) in [5.41, 5.74) is -1.13. The molecule has 0 bridgehead atoms. The van der Waals surface area contributed by atoms with Gasteiger partial charge in [0, 0.05) is 15.6 Å². The van der Waals surface area contributed by atoms with E-state index in [1.54, 1.807) is 42.5 Å². The van der Waals surface area contributed by atoms with Crippen molar-refractivity contribution in [2.24, 2.45) is 11.8 Å². The van der Waals surface area contributed by atoms with Crippen LogP contribution in [0.5, 0.6) is 0 Å². The zero-order valence-corrected chi connectivity index (χ0v) is 20.8. The normalized spacial score (nSPS) is 24.4. The zero-order chi connectivity index (χ0) is 24.6. The summed E-state index contributed by atoms with van der Waals surface area (Å²) in [4.78, 5) is 56.1. The summed E-state index contributed by atoms with van der Waals surface area (Å²) < 4.78 is 7.05. The number of imide groups is 1. The molecule has 2 heterocycles. The Bertz CT molecular complexity index is 1440. The summed E-state index contributed by atoms with van der Waals surface area (Å²) in [6, 6.07) is 17.9. The molecule has 35 heavy (non-hydrogen) atoms. The third-order valence-electron chi connectivity index (χ3n) is 6.89. The number of benzene rings is 3. The molecule has 3 aromatic rings. The van der Waals surface area contributed by atoms with Crippen LogP contribution in [0.4, 0.5) is 5.69 Å². The standard InChI is InChI=1S/C26H14BrCl2NO5/c27-13-10-8-12(9-11-13)21-18-19(25(34)30(24(18)33)17-7-3-6-16(28)20(17)29)26(35-21)22(31)14-4-1-2-5-15(14)23(26)32/h1-11,18-19,21H/t18-,19-,21-/m1/s1. The molecule has 2 fully saturated rings. The summed E-state index contributed by atoms with van der Waals surface area (Å²) in [7, 11) is 0. The first kappa shape index (κ1) is 22.6. The van der Waals surface area contributed by atoms with Gasteiger partial charge in [-0.3, -0.25) is 19.2 Å². The average molecular weight is 571 g/mol. The molecule has 2 amide bonds. The summed E-state index contributed by atoms with van der Waals surface area (Å²) in [6.45, 7) is 0. The Hall–Kier alpha value is -2.84. The summed E-state index contributed by atoms with van der Waals surface area (Å²) in [5.74, 6) is -5.03. The minimum atomic E-state index is -2.14. The number of carbonyl (C=O) groups excluding carboxylic acids is 4. The van der Waals surface area contributed by atoms with Crippen molar-refractivity contribution in [3.63, 3.8) is 0 Å². The van der Waals surface area contributed by atoms with E-state index in [-0.39, 0.29) is 26.9 Å². The van der Waals surface area contributed by atoms with Crippen LogP contribution in [0.25, 0.3) is 0 Å². The predicted molar refractivity (Wildman–Crippen MR) is 132 cm³/mol. The van der Waals surface area contributed by atoms with E-state index in [9.17, 15) is 19.2 Å². The van der Waals surface area contributed by atoms with Crippen molar-refractivity contribution < 1.29 is 23.9 Å². The van der Waals surface area contributed by atoms with Crippen LogP contribution in [0.1, 0.15) is 32.4 Å². The molecule has 1 spiro atoms. The molecular weight excluding hydrogens is 557 g/mol. The van der Waals surface area contributed by atoms with Gasteiger partial charge in [0.25, 0.3) is 0 Å². The summed E-state index contributed by atoms with van der Waals surface area (Å²) in [5, 5.41) is 0.191. The van der Waals surface area contributed by atoms with Crippen LogP contribution in [0.15, 0.2) is 71.2 Å². The number of Topliss-reactive ketones (excluding diaryl/α,β-unsaturated/α-hetero) is 2. The van der Waals surface area contributed by atoms with Crippen molar-refractivity contribution in [1.29, 1.82) is 0 Å². The maximum atomic E-state index is 13.9. The smallest absolute Gasteiger partial charge is 0.241 e. The lowest BCUT2D eigenvalue weighted by Crippen LogP contribution is -2.51. The highest BCUT2D eigenvalue weighted by molar-refractivity contribution is 9.10. The quantitative estimate of drug-likeness (QED) is 0.302. The predicted octanol–water partition coefficient (Wildman–Crippen LogP) is 5.45. The van der Waals surface area contributed by atoms with Crippen LogP contribution in [0.3, 0.4) is 0 Å². The molecule has 6 nitrogen and oxygen atoms in total. The molecular formula is C26H14BrCl2NO5. The third kappa shape index (κ3) is 2.93. The van der Waals surface area contributed by atoms with Gasteiger partial charge >= 0.3 is 0 Å². The highest BCUT2D eigenvalue weighted by Gasteiger charge is 2.74. The number of rotatable bonds is 2. The molecule has 9 heteroatoms. The van der Waals surface area contributed by atoms with Gasteiger partial charge in [-0.1, -0.05) is 81.6 Å². The van der Waals surface area contributed by atoms with Crippen molar-refractivity contribution >= 4 is 68.2 Å². The Balaban J connectivity index is 1.56. The van der Waals surface area contributed by atoms with E-state index in [0.717, 1.165) is 9.37 Å². The molecule has 0 saturated carbocycles. The Kier molecular flexibility index (Phi) is 5.06. The lowest BCUT2D eigenvalue weighted by atomic mass is 9.77. The molecule has 6 rings (SSSR count). The summed E-state index contributed by atoms with van der Waals surface area (Å²) in [6.07, 6.45) is -1.00. The van der Waals surface area contributed by atoms with Gasteiger partial charge < -0.3 is 4.74 Å². The number of ketones is 2. The second kappa shape index (κ2) is 7.83. The van der Waals surface area contributed by atoms with Crippen molar-refractivity contribution in [3.05, 3.63) is 97.9 Å². The van der Waals surface area contributed by atoms with Gasteiger partial charge in [0.1, 0.15) is 0 Å². The van der Waals surface area contributed by atoms with Crippen LogP contribution in [-0.2, 0) is 14.3 Å². The minimum Gasteiger partial charge on any atom is -0.349 e. The fourth-order valence-electron chi connectivity index (χ4n) is 5.37. The first-order valence-electron chi connectivity index (χ1n) is 10.7. The van der Waals surface area contributed by atoms with Crippen molar-refractivity contribution in [2.45, 2.75) is 11.7 Å². The molecule has 0 radical (unpaired) electrons. The first-order chi connectivity index (χ1) is 16.8. The fourth-order valence-corrected chi connectivity index (χ4v) is 6.02. The average Bonchev–Trinajstić information content (AvgIpc) is 3.42. The van der Waals surface area contributed by atoms with Crippen LogP contribution in [0, 0.1) is 11.8 Å². The van der Waals surface area contributed by atoms with Gasteiger partial charge in [-0.25, -0.2) is 4.90 Å². The van der Waals surface area contributed by atoms with E-state index >= 15 is 0 Å². The van der Waals surface area contributed by atoms with Gasteiger partial charge in [0.2, 0.25) is 29.0 Å². The first-order valence-corrected chi connectivity index (χ1v) is 12.3. The van der Waals surface area contributed by atoms with E-state index in [1.165, 1.54) is 24.3 Å². The number of anilines is 1. The van der Waals surface area contributed by atoms with Crippen LogP contribution in [0.2, 0.25) is 10.0 Å². The highest BCUT2D eigenvalue weighted by atomic mass is 79.9. The van der Waals surface area contributed by atoms with E-state index in [4.69, 9.17) is 27.9 Å². The number of halogens is 3. The number of nitrogens with zero attached hydrogens (tertiary/aromatic N) is 1. The Morgan fingerprint density at radius 2 is 1.43 bits per heavy atom. The molecule has 3 aliphatic rings. The minimum absolute atomic E-state index is 0.0263. The van der Waals surface area contributed by atoms with E-state index in [1.807, 2.05) is 0 Å². The molecule has 2 aliphatic heterocycles. The van der Waals surface area contributed by atoms with Gasteiger partial charge in [-0.15, -0.1) is 0 Å². The molecule has 1 aliphatic carbocycles. The number of hydrogen-bond donors (Lipinski definition) is 0. The zero-order valence-electron chi connectivity index (χ0n) is 17.7. The van der Waals surface area contributed by atoms with Crippen LogP contribution in [-0.4, -0.2) is 29.0 Å². The largest absolute Gasteiger partial charge is 0.349 e. The number of hydrogen-bond acceptors (Lipinski definition) is 5. The van der Waals surface area contributed by atoms with Crippen LogP contribution < -0.4 is 4.90 Å². The van der Waals surface area contributed by atoms with E-state index in [2.05, 4.69) is 15.9 Å². The molecule has 3 aromatic carbocycles. The van der Waals surface area contributed by atoms with Crippen molar-refractivity contribution in [2.75, 3.05) is 4.90 Å². The lowest BCUT2D eigenvalue weighted by molar-refractivity contribution is -0.127. The second-order valence-electron chi connectivity index (χ2n) is 8.62. The third-order valence-corrected chi connectivity index (χ3v) is 8.23. The number of carbonyl (C=O) groups is 4. The van der Waals surface area contributed by atoms with E-state index < -0.39 is 46.9 Å². The SMILES string of the molecule is O=C1[C@H]2[C@@H](c3ccc(Br)cc3)OC3(C(=O)c4ccccc4C3=O)[C@H]2C(=O)N1c1cccc(Cl)c1Cl. The molecule has 0 N–H and O–H groups in total. The topological polar surface area (TPSA) is 80.8 Å². The lowest BCUT2D eigenvalue weighted by Gasteiger charge is -2.27. The molecule has 174 valence electrons. The number of fused-ring (bicyclic) bond motifs is 3. The maximum Gasteiger partial charge on any atom is 0.241 e. The molecule has 0 unspecified atom stereocenters. The van der Waals surface area contributed by atoms with Gasteiger partial charge in [-0.2, -0.15) is 0 Å². The summed E-state index contributed by atoms with van der Waals surface area (Å²) >= 11 is 15.9. The Morgan fingerprint density at radius 1 is 0.800 bits per heavy atom. The second-order valence-corrected chi connectivity index (χ2v) is 10.3. The number of ether oxygens (including phenoxy) is 1. The highest BCUT2D eigenvalue weighted by Crippen LogP contribution is 2.58. The number of amides is 2. The van der Waals surface area contributed by atoms with Gasteiger partial charge in [0.05, 0.1) is 33.7 Å². The fraction of sp³-hybridized carbons (Fsp3) is 0.154. The van der Waals surface area contributed by atoms with Gasteiger partial charge in [-0.05, 0) is 29.8 Å². The monoisotopic (exact) mass is 569 g/mol. The molecule has 3 atom stereocenters. The van der Waals surface area contributed by atoms with Crippen LogP contribution >= 0.6 is 39.1 Å². The van der Waals surface area contributed by atoms with E-state index in [0.29, 0.717) is 5.56 Å². The molecule has 2 saturated heterocycles. The Labute approximate surface area is 217 Å². The Morgan fingerprint density at radius 3 is 2.06 bits per heavy atom.